The standard InChI is InChI=1S/C18H29NO/c1-16(2)8-6-11-18(20)12-7-13-19(15-18)14-17-9-4-3-5-10-17/h3-5,9-10,16,20H,6-8,11-15H2,1-2H3. The lowest BCUT2D eigenvalue weighted by molar-refractivity contribution is -0.0412. The Morgan fingerprint density at radius 1 is 1.25 bits per heavy atom. The maximum absolute atomic E-state index is 10.8. The lowest BCUT2D eigenvalue weighted by Crippen LogP contribution is -2.47. The summed E-state index contributed by atoms with van der Waals surface area (Å²) in [7, 11) is 0. The molecule has 1 atom stereocenters. The van der Waals surface area contributed by atoms with Gasteiger partial charge in [0.1, 0.15) is 0 Å². The summed E-state index contributed by atoms with van der Waals surface area (Å²) >= 11 is 0. The van der Waals surface area contributed by atoms with Crippen molar-refractivity contribution in [3.05, 3.63) is 35.9 Å². The molecule has 1 aliphatic rings. The molecular formula is C18H29NO. The van der Waals surface area contributed by atoms with Crippen molar-refractivity contribution in [2.24, 2.45) is 5.92 Å². The van der Waals surface area contributed by atoms with Gasteiger partial charge in [0.15, 0.2) is 0 Å². The van der Waals surface area contributed by atoms with E-state index in [4.69, 9.17) is 0 Å². The van der Waals surface area contributed by atoms with Crippen molar-refractivity contribution in [3.63, 3.8) is 0 Å². The molecule has 0 aromatic heterocycles. The number of rotatable bonds is 6. The predicted octanol–water partition coefficient (Wildman–Crippen LogP) is 3.84. The summed E-state index contributed by atoms with van der Waals surface area (Å²) in [4.78, 5) is 2.41. The van der Waals surface area contributed by atoms with Gasteiger partial charge in [-0.3, -0.25) is 4.90 Å². The predicted molar refractivity (Wildman–Crippen MR) is 84.6 cm³/mol. The van der Waals surface area contributed by atoms with Crippen molar-refractivity contribution >= 4 is 0 Å². The third-order valence-electron chi connectivity index (χ3n) is 4.31. The van der Waals surface area contributed by atoms with E-state index in [-0.39, 0.29) is 0 Å². The summed E-state index contributed by atoms with van der Waals surface area (Å²) in [6.07, 6.45) is 5.41. The average Bonchev–Trinajstić information content (AvgIpc) is 2.39. The van der Waals surface area contributed by atoms with Crippen molar-refractivity contribution in [3.8, 4) is 0 Å². The highest BCUT2D eigenvalue weighted by molar-refractivity contribution is 5.14. The average molecular weight is 275 g/mol. The largest absolute Gasteiger partial charge is 0.389 e. The van der Waals surface area contributed by atoms with Crippen LogP contribution in [0, 0.1) is 5.92 Å². The molecule has 1 N–H and O–H groups in total. The Hall–Kier alpha value is -0.860. The van der Waals surface area contributed by atoms with Crippen LogP contribution >= 0.6 is 0 Å². The van der Waals surface area contributed by atoms with E-state index in [1.54, 1.807) is 0 Å². The number of aliphatic hydroxyl groups is 1. The number of piperidine rings is 1. The number of β-amino-alcohol motifs (C(OH)–C–C–N with tert-alkyl or cyclic N) is 1. The molecule has 112 valence electrons. The van der Waals surface area contributed by atoms with Crippen molar-refractivity contribution < 1.29 is 5.11 Å². The normalized spacial score (nSPS) is 24.2. The van der Waals surface area contributed by atoms with Gasteiger partial charge in [0, 0.05) is 13.1 Å². The molecule has 0 amide bonds. The minimum Gasteiger partial charge on any atom is -0.389 e. The number of benzene rings is 1. The molecule has 0 bridgehead atoms. The molecule has 1 fully saturated rings. The number of hydrogen-bond donors (Lipinski definition) is 1. The van der Waals surface area contributed by atoms with Gasteiger partial charge < -0.3 is 5.11 Å². The summed E-state index contributed by atoms with van der Waals surface area (Å²) < 4.78 is 0. The van der Waals surface area contributed by atoms with Gasteiger partial charge in [-0.1, -0.05) is 57.0 Å². The Morgan fingerprint density at radius 2 is 2.00 bits per heavy atom. The molecular weight excluding hydrogens is 246 g/mol. The van der Waals surface area contributed by atoms with Crippen LogP contribution in [0.1, 0.15) is 51.5 Å². The van der Waals surface area contributed by atoms with Gasteiger partial charge in [-0.05, 0) is 37.3 Å². The third kappa shape index (κ3) is 4.92. The molecule has 1 aromatic carbocycles. The van der Waals surface area contributed by atoms with Crippen LogP contribution in [0.2, 0.25) is 0 Å². The molecule has 2 heteroatoms. The fraction of sp³-hybridized carbons (Fsp3) is 0.667. The van der Waals surface area contributed by atoms with Gasteiger partial charge in [-0.25, -0.2) is 0 Å². The number of hydrogen-bond acceptors (Lipinski definition) is 2. The molecule has 1 saturated heterocycles. The highest BCUT2D eigenvalue weighted by Gasteiger charge is 2.32. The second kappa shape index (κ2) is 7.24. The van der Waals surface area contributed by atoms with Gasteiger partial charge in [0.25, 0.3) is 0 Å². The zero-order valence-electron chi connectivity index (χ0n) is 13.0. The van der Waals surface area contributed by atoms with Crippen molar-refractivity contribution in [2.45, 2.75) is 58.1 Å². The number of nitrogens with zero attached hydrogens (tertiary/aromatic N) is 1. The molecule has 1 unspecified atom stereocenters. The maximum atomic E-state index is 10.8. The highest BCUT2D eigenvalue weighted by atomic mass is 16.3. The zero-order valence-corrected chi connectivity index (χ0v) is 13.0. The molecule has 1 heterocycles. The monoisotopic (exact) mass is 275 g/mol. The lowest BCUT2D eigenvalue weighted by Gasteiger charge is -2.39. The molecule has 2 rings (SSSR count). The van der Waals surface area contributed by atoms with Crippen LogP contribution in [0.4, 0.5) is 0 Å². The molecule has 0 saturated carbocycles. The zero-order chi connectivity index (χ0) is 14.4. The maximum Gasteiger partial charge on any atom is 0.0774 e. The van der Waals surface area contributed by atoms with E-state index in [2.05, 4.69) is 49.1 Å². The fourth-order valence-corrected chi connectivity index (χ4v) is 3.23. The van der Waals surface area contributed by atoms with Crippen LogP contribution < -0.4 is 0 Å². The van der Waals surface area contributed by atoms with Crippen LogP contribution in [-0.2, 0) is 6.54 Å². The summed E-state index contributed by atoms with van der Waals surface area (Å²) in [6, 6.07) is 10.6. The van der Waals surface area contributed by atoms with Crippen molar-refractivity contribution in [2.75, 3.05) is 13.1 Å². The SMILES string of the molecule is CC(C)CCCC1(O)CCCN(Cc2ccccc2)C1. The Balaban J connectivity index is 1.84. The lowest BCUT2D eigenvalue weighted by atomic mass is 9.86. The highest BCUT2D eigenvalue weighted by Crippen LogP contribution is 2.28. The Morgan fingerprint density at radius 3 is 2.70 bits per heavy atom. The first kappa shape index (κ1) is 15.5. The second-order valence-electron chi connectivity index (χ2n) is 6.81. The Kier molecular flexibility index (Phi) is 5.62. The van der Waals surface area contributed by atoms with E-state index >= 15 is 0 Å². The van der Waals surface area contributed by atoms with E-state index in [9.17, 15) is 5.11 Å². The van der Waals surface area contributed by atoms with Crippen LogP contribution in [0.25, 0.3) is 0 Å². The molecule has 20 heavy (non-hydrogen) atoms. The van der Waals surface area contributed by atoms with Crippen molar-refractivity contribution in [1.29, 1.82) is 0 Å². The van der Waals surface area contributed by atoms with Gasteiger partial charge in [-0.15, -0.1) is 0 Å². The van der Waals surface area contributed by atoms with E-state index in [1.807, 2.05) is 0 Å². The minimum atomic E-state index is -0.456. The van der Waals surface area contributed by atoms with Crippen LogP contribution in [0.3, 0.4) is 0 Å². The van der Waals surface area contributed by atoms with E-state index in [1.165, 1.54) is 12.0 Å². The molecule has 1 aromatic rings. The summed E-state index contributed by atoms with van der Waals surface area (Å²) in [5.41, 5.74) is 0.890. The molecule has 2 nitrogen and oxygen atoms in total. The van der Waals surface area contributed by atoms with E-state index < -0.39 is 5.60 Å². The molecule has 0 spiro atoms. The molecule has 0 aliphatic carbocycles. The summed E-state index contributed by atoms with van der Waals surface area (Å²) in [5.74, 6) is 0.739. The van der Waals surface area contributed by atoms with Crippen LogP contribution in [0.5, 0.6) is 0 Å². The molecule has 0 radical (unpaired) electrons. The fourth-order valence-electron chi connectivity index (χ4n) is 3.23. The first-order valence-electron chi connectivity index (χ1n) is 8.06. The first-order valence-corrected chi connectivity index (χ1v) is 8.06. The Labute approximate surface area is 123 Å². The van der Waals surface area contributed by atoms with E-state index in [0.717, 1.165) is 51.2 Å². The Bertz CT molecular complexity index is 390. The van der Waals surface area contributed by atoms with Gasteiger partial charge in [0.2, 0.25) is 0 Å². The topological polar surface area (TPSA) is 23.5 Å². The smallest absolute Gasteiger partial charge is 0.0774 e. The first-order chi connectivity index (χ1) is 9.57. The number of likely N-dealkylation sites (tertiary alicyclic amines) is 1. The quantitative estimate of drug-likeness (QED) is 0.852. The van der Waals surface area contributed by atoms with Crippen molar-refractivity contribution in [1.82, 2.24) is 4.90 Å². The second-order valence-corrected chi connectivity index (χ2v) is 6.81. The third-order valence-corrected chi connectivity index (χ3v) is 4.31. The van der Waals surface area contributed by atoms with Gasteiger partial charge in [0.05, 0.1) is 5.60 Å². The summed E-state index contributed by atoms with van der Waals surface area (Å²) in [6.45, 7) is 7.42. The van der Waals surface area contributed by atoms with Crippen LogP contribution in [0.15, 0.2) is 30.3 Å². The summed E-state index contributed by atoms with van der Waals surface area (Å²) in [5, 5.41) is 10.8. The minimum absolute atomic E-state index is 0.456. The van der Waals surface area contributed by atoms with Gasteiger partial charge in [-0.2, -0.15) is 0 Å². The van der Waals surface area contributed by atoms with Gasteiger partial charge >= 0.3 is 0 Å². The van der Waals surface area contributed by atoms with Crippen LogP contribution in [-0.4, -0.2) is 28.7 Å². The molecule has 1 aliphatic heterocycles. The van der Waals surface area contributed by atoms with E-state index in [0.29, 0.717) is 0 Å².